The average Bonchev–Trinajstić information content (AvgIpc) is 2.17. The van der Waals surface area contributed by atoms with Crippen LogP contribution in [0, 0.1) is 0 Å². The third-order valence-corrected chi connectivity index (χ3v) is 1.69. The zero-order valence-electron chi connectivity index (χ0n) is 6.99. The molecular weight excluding hydrogens is 154 g/mol. The van der Waals surface area contributed by atoms with Gasteiger partial charge in [-0.25, -0.2) is 4.79 Å². The Morgan fingerprint density at radius 3 is 2.50 bits per heavy atom. The SMILES string of the molecule is COC(=O)[C@@H]([NH3+])c1ccccc1. The van der Waals surface area contributed by atoms with Gasteiger partial charge in [-0.05, 0) is 0 Å². The summed E-state index contributed by atoms with van der Waals surface area (Å²) >= 11 is 0. The number of quaternary nitrogens is 1. The zero-order chi connectivity index (χ0) is 8.97. The summed E-state index contributed by atoms with van der Waals surface area (Å²) in [6.07, 6.45) is 0. The minimum Gasteiger partial charge on any atom is -0.464 e. The van der Waals surface area contributed by atoms with E-state index in [0.717, 1.165) is 5.56 Å². The average molecular weight is 166 g/mol. The lowest BCUT2D eigenvalue weighted by atomic mass is 10.1. The quantitative estimate of drug-likeness (QED) is 0.635. The van der Waals surface area contributed by atoms with Crippen LogP contribution in [0.15, 0.2) is 30.3 Å². The van der Waals surface area contributed by atoms with E-state index in [1.165, 1.54) is 7.11 Å². The van der Waals surface area contributed by atoms with E-state index in [4.69, 9.17) is 0 Å². The highest BCUT2D eigenvalue weighted by atomic mass is 16.5. The van der Waals surface area contributed by atoms with Gasteiger partial charge in [0.25, 0.3) is 0 Å². The summed E-state index contributed by atoms with van der Waals surface area (Å²) in [6, 6.07) is 8.93. The number of benzene rings is 1. The van der Waals surface area contributed by atoms with E-state index >= 15 is 0 Å². The molecular formula is C9H12NO2+. The molecule has 0 amide bonds. The van der Waals surface area contributed by atoms with Gasteiger partial charge >= 0.3 is 5.97 Å². The summed E-state index contributed by atoms with van der Waals surface area (Å²) in [5.41, 5.74) is 4.58. The smallest absolute Gasteiger partial charge is 0.369 e. The molecule has 64 valence electrons. The van der Waals surface area contributed by atoms with Crippen LogP contribution in [-0.4, -0.2) is 13.1 Å². The highest BCUT2D eigenvalue weighted by Gasteiger charge is 2.18. The van der Waals surface area contributed by atoms with Gasteiger partial charge in [0.1, 0.15) is 0 Å². The van der Waals surface area contributed by atoms with Crippen LogP contribution in [0.2, 0.25) is 0 Å². The predicted octanol–water partition coefficient (Wildman–Crippen LogP) is 0.143. The Balaban J connectivity index is 2.78. The summed E-state index contributed by atoms with van der Waals surface area (Å²) in [5, 5.41) is 0. The van der Waals surface area contributed by atoms with Crippen molar-refractivity contribution in [2.75, 3.05) is 7.11 Å². The number of carbonyl (C=O) groups excluding carboxylic acids is 1. The van der Waals surface area contributed by atoms with Crippen molar-refractivity contribution in [3.8, 4) is 0 Å². The first-order valence-corrected chi connectivity index (χ1v) is 3.71. The Bertz CT molecular complexity index is 258. The van der Waals surface area contributed by atoms with Gasteiger partial charge < -0.3 is 10.5 Å². The number of carbonyl (C=O) groups is 1. The van der Waals surface area contributed by atoms with E-state index < -0.39 is 6.04 Å². The van der Waals surface area contributed by atoms with Crippen molar-refractivity contribution in [2.45, 2.75) is 6.04 Å². The standard InChI is InChI=1S/C9H11NO2/c1-12-9(11)8(10)7-5-3-2-4-6-7/h2-6,8H,10H2,1H3/p+1/t8-/m0/s1. The van der Waals surface area contributed by atoms with Crippen LogP contribution in [0.5, 0.6) is 0 Å². The molecule has 3 heteroatoms. The summed E-state index contributed by atoms with van der Waals surface area (Å²) in [6.45, 7) is 0. The Morgan fingerprint density at radius 2 is 2.00 bits per heavy atom. The summed E-state index contributed by atoms with van der Waals surface area (Å²) < 4.78 is 4.56. The van der Waals surface area contributed by atoms with Crippen molar-refractivity contribution >= 4 is 5.97 Å². The Labute approximate surface area is 71.1 Å². The van der Waals surface area contributed by atoms with Gasteiger partial charge in [0.05, 0.1) is 7.11 Å². The number of methoxy groups -OCH3 is 1. The molecule has 0 aromatic heterocycles. The largest absolute Gasteiger partial charge is 0.464 e. The maximum atomic E-state index is 11.0. The van der Waals surface area contributed by atoms with Crippen molar-refractivity contribution in [3.63, 3.8) is 0 Å². The summed E-state index contributed by atoms with van der Waals surface area (Å²) in [4.78, 5) is 11.0. The number of hydrogen-bond acceptors (Lipinski definition) is 2. The fourth-order valence-electron chi connectivity index (χ4n) is 0.964. The van der Waals surface area contributed by atoms with E-state index in [9.17, 15) is 4.79 Å². The molecule has 0 aliphatic carbocycles. The first kappa shape index (κ1) is 8.74. The van der Waals surface area contributed by atoms with Crippen molar-refractivity contribution in [1.29, 1.82) is 0 Å². The normalized spacial score (nSPS) is 12.2. The second-order valence-corrected chi connectivity index (χ2v) is 2.49. The second-order valence-electron chi connectivity index (χ2n) is 2.49. The molecule has 0 fully saturated rings. The molecule has 3 N–H and O–H groups in total. The van der Waals surface area contributed by atoms with Gasteiger partial charge in [-0.3, -0.25) is 0 Å². The zero-order valence-corrected chi connectivity index (χ0v) is 6.99. The van der Waals surface area contributed by atoms with Crippen LogP contribution in [0.25, 0.3) is 0 Å². The first-order chi connectivity index (χ1) is 5.75. The van der Waals surface area contributed by atoms with E-state index in [2.05, 4.69) is 10.5 Å². The number of esters is 1. The van der Waals surface area contributed by atoms with Crippen LogP contribution in [0.3, 0.4) is 0 Å². The van der Waals surface area contributed by atoms with E-state index in [-0.39, 0.29) is 5.97 Å². The van der Waals surface area contributed by atoms with Gasteiger partial charge in [0.2, 0.25) is 6.04 Å². The molecule has 0 saturated heterocycles. The molecule has 0 radical (unpaired) electrons. The van der Waals surface area contributed by atoms with Gasteiger partial charge in [-0.2, -0.15) is 0 Å². The second kappa shape index (κ2) is 3.88. The van der Waals surface area contributed by atoms with Crippen molar-refractivity contribution in [1.82, 2.24) is 0 Å². The minimum absolute atomic E-state index is 0.304. The van der Waals surface area contributed by atoms with E-state index in [1.54, 1.807) is 0 Å². The van der Waals surface area contributed by atoms with Crippen molar-refractivity contribution in [2.24, 2.45) is 0 Å². The molecule has 3 nitrogen and oxygen atoms in total. The molecule has 1 rings (SSSR count). The molecule has 0 aliphatic rings. The fraction of sp³-hybridized carbons (Fsp3) is 0.222. The Morgan fingerprint density at radius 1 is 1.42 bits per heavy atom. The highest BCUT2D eigenvalue weighted by molar-refractivity contribution is 5.75. The van der Waals surface area contributed by atoms with Gasteiger partial charge in [-0.1, -0.05) is 30.3 Å². The number of ether oxygens (including phenoxy) is 1. The van der Waals surface area contributed by atoms with Crippen molar-refractivity contribution in [3.05, 3.63) is 35.9 Å². The monoisotopic (exact) mass is 166 g/mol. The van der Waals surface area contributed by atoms with Crippen LogP contribution in [0.4, 0.5) is 0 Å². The summed E-state index contributed by atoms with van der Waals surface area (Å²) in [5.74, 6) is -0.304. The van der Waals surface area contributed by atoms with E-state index in [0.29, 0.717) is 0 Å². The molecule has 1 aromatic rings. The fourth-order valence-corrected chi connectivity index (χ4v) is 0.964. The van der Waals surface area contributed by atoms with Gasteiger partial charge in [-0.15, -0.1) is 0 Å². The number of rotatable bonds is 2. The first-order valence-electron chi connectivity index (χ1n) is 3.71. The predicted molar refractivity (Wildman–Crippen MR) is 44.1 cm³/mol. The molecule has 0 spiro atoms. The molecule has 0 heterocycles. The maximum absolute atomic E-state index is 11.0. The molecule has 0 bridgehead atoms. The molecule has 0 saturated carbocycles. The van der Waals surface area contributed by atoms with Crippen LogP contribution in [0.1, 0.15) is 11.6 Å². The third kappa shape index (κ3) is 1.83. The number of hydrogen-bond donors (Lipinski definition) is 1. The third-order valence-electron chi connectivity index (χ3n) is 1.69. The lowest BCUT2D eigenvalue weighted by molar-refractivity contribution is -0.414. The lowest BCUT2D eigenvalue weighted by Crippen LogP contribution is -2.57. The van der Waals surface area contributed by atoms with Crippen LogP contribution in [-0.2, 0) is 9.53 Å². The Hall–Kier alpha value is -1.35. The molecule has 1 aromatic carbocycles. The molecule has 12 heavy (non-hydrogen) atoms. The highest BCUT2D eigenvalue weighted by Crippen LogP contribution is 2.08. The van der Waals surface area contributed by atoms with Gasteiger partial charge in [0.15, 0.2) is 0 Å². The molecule has 1 atom stereocenters. The van der Waals surface area contributed by atoms with Crippen LogP contribution >= 0.6 is 0 Å². The lowest BCUT2D eigenvalue weighted by Gasteiger charge is -2.04. The minimum atomic E-state index is -0.420. The maximum Gasteiger partial charge on any atom is 0.369 e. The van der Waals surface area contributed by atoms with E-state index in [1.807, 2.05) is 30.3 Å². The van der Waals surface area contributed by atoms with Gasteiger partial charge in [0, 0.05) is 5.56 Å². The summed E-state index contributed by atoms with van der Waals surface area (Å²) in [7, 11) is 1.36. The molecule has 0 unspecified atom stereocenters. The molecule has 0 aliphatic heterocycles. The van der Waals surface area contributed by atoms with Crippen LogP contribution < -0.4 is 5.73 Å². The topological polar surface area (TPSA) is 53.9 Å². The Kier molecular flexibility index (Phi) is 2.82. The van der Waals surface area contributed by atoms with Crippen molar-refractivity contribution < 1.29 is 15.3 Å².